The summed E-state index contributed by atoms with van der Waals surface area (Å²) in [5.74, 6) is 0.322. The Morgan fingerprint density at radius 3 is 2.75 bits per heavy atom. The molecule has 2 rings (SSSR count). The summed E-state index contributed by atoms with van der Waals surface area (Å²) < 4.78 is 2.31. The van der Waals surface area contributed by atoms with Gasteiger partial charge < -0.3 is 5.11 Å². The Morgan fingerprint density at radius 2 is 2.12 bits per heavy atom. The molecule has 0 heterocycles. The largest absolute Gasteiger partial charge is 0.508 e. The van der Waals surface area contributed by atoms with Gasteiger partial charge in [0.2, 0.25) is 0 Å². The molecule has 0 radical (unpaired) electrons. The highest BCUT2D eigenvalue weighted by Crippen LogP contribution is 2.13. The van der Waals surface area contributed by atoms with E-state index in [1.165, 1.54) is 16.8 Å². The number of nitrogens with zero attached hydrogens (tertiary/aromatic N) is 1. The molecule has 1 N–H and O–H groups in total. The first-order valence-electron chi connectivity index (χ1n) is 8.04. The first-order chi connectivity index (χ1) is 11.6. The lowest BCUT2D eigenvalue weighted by atomic mass is 10.1. The fourth-order valence-electron chi connectivity index (χ4n) is 2.66. The fourth-order valence-corrected chi connectivity index (χ4v) is 2.66. The second kappa shape index (κ2) is 8.71. The SMILES string of the molecule is C=C=CC(=CC=C)C[N+](Cc1ccccc1C)=C1C=CC(O)=CC1. The molecule has 1 aromatic rings. The highest BCUT2D eigenvalue weighted by atomic mass is 16.3. The van der Waals surface area contributed by atoms with Crippen molar-refractivity contribution in [3.8, 4) is 0 Å². The predicted octanol–water partition coefficient (Wildman–Crippen LogP) is 4.80. The summed E-state index contributed by atoms with van der Waals surface area (Å²) >= 11 is 0. The van der Waals surface area contributed by atoms with Crippen LogP contribution < -0.4 is 0 Å². The monoisotopic (exact) mass is 318 g/mol. The van der Waals surface area contributed by atoms with Crippen molar-refractivity contribution in [2.45, 2.75) is 19.9 Å². The summed E-state index contributed by atoms with van der Waals surface area (Å²) in [5.41, 5.74) is 7.67. The summed E-state index contributed by atoms with van der Waals surface area (Å²) in [4.78, 5) is 0. The van der Waals surface area contributed by atoms with Crippen molar-refractivity contribution in [3.63, 3.8) is 0 Å². The molecule has 0 saturated carbocycles. The number of rotatable bonds is 6. The van der Waals surface area contributed by atoms with Crippen LogP contribution in [0, 0.1) is 6.92 Å². The Hall–Kier alpha value is -2.83. The molecule has 0 aliphatic heterocycles. The molecule has 0 atom stereocenters. The van der Waals surface area contributed by atoms with Gasteiger partial charge >= 0.3 is 0 Å². The molecule has 2 nitrogen and oxygen atoms in total. The molecule has 0 bridgehead atoms. The Labute approximate surface area is 144 Å². The summed E-state index contributed by atoms with van der Waals surface area (Å²) in [6.45, 7) is 11.1. The zero-order chi connectivity index (χ0) is 17.4. The van der Waals surface area contributed by atoms with Crippen LogP contribution in [0.1, 0.15) is 17.5 Å². The second-order valence-corrected chi connectivity index (χ2v) is 5.77. The summed E-state index contributed by atoms with van der Waals surface area (Å²) in [5, 5.41) is 9.59. The standard InChI is InChI=1S/C22H23NO/c1-4-8-19(9-5-2)16-23(21-12-14-22(24)15-13-21)17-20-11-7-6-10-18(20)3/h4,6-12,14-15H,1-2,13,16-17H2,3H3/p+1. The minimum absolute atomic E-state index is 0.322. The molecule has 1 aliphatic carbocycles. The third-order valence-electron chi connectivity index (χ3n) is 3.99. The van der Waals surface area contributed by atoms with E-state index in [2.05, 4.69) is 54.7 Å². The van der Waals surface area contributed by atoms with Crippen LogP contribution in [0.25, 0.3) is 0 Å². The number of aliphatic hydroxyl groups is 1. The van der Waals surface area contributed by atoms with Crippen molar-refractivity contribution in [1.29, 1.82) is 0 Å². The van der Waals surface area contributed by atoms with Gasteiger partial charge in [-0.05, 0) is 30.7 Å². The molecule has 2 heteroatoms. The third-order valence-corrected chi connectivity index (χ3v) is 3.99. The Bertz CT molecular complexity index is 784. The van der Waals surface area contributed by atoms with Crippen LogP contribution in [0.4, 0.5) is 0 Å². The number of hydrogen-bond donors (Lipinski definition) is 1. The number of aliphatic hydroxyl groups excluding tert-OH is 1. The van der Waals surface area contributed by atoms with Crippen LogP contribution in [-0.2, 0) is 6.54 Å². The Kier molecular flexibility index (Phi) is 6.36. The third kappa shape index (κ3) is 4.84. The zero-order valence-electron chi connectivity index (χ0n) is 14.2. The van der Waals surface area contributed by atoms with Crippen molar-refractivity contribution >= 4 is 5.71 Å². The molecule has 1 aliphatic rings. The Balaban J connectivity index is 2.39. The van der Waals surface area contributed by atoms with E-state index >= 15 is 0 Å². The smallest absolute Gasteiger partial charge is 0.180 e. The molecular weight excluding hydrogens is 294 g/mol. The van der Waals surface area contributed by atoms with Crippen molar-refractivity contribution in [2.24, 2.45) is 0 Å². The second-order valence-electron chi connectivity index (χ2n) is 5.77. The van der Waals surface area contributed by atoms with Crippen LogP contribution in [0.5, 0.6) is 0 Å². The molecule has 122 valence electrons. The molecular formula is C22H24NO+. The van der Waals surface area contributed by atoms with Gasteiger partial charge in [0.15, 0.2) is 18.8 Å². The van der Waals surface area contributed by atoms with E-state index in [0.717, 1.165) is 18.7 Å². The van der Waals surface area contributed by atoms with Crippen LogP contribution >= 0.6 is 0 Å². The number of hydrogen-bond acceptors (Lipinski definition) is 1. The van der Waals surface area contributed by atoms with E-state index in [4.69, 9.17) is 0 Å². The molecule has 1 aromatic carbocycles. The maximum absolute atomic E-state index is 9.59. The van der Waals surface area contributed by atoms with Crippen molar-refractivity contribution < 1.29 is 9.68 Å². The normalized spacial score (nSPS) is 16.2. The first-order valence-corrected chi connectivity index (χ1v) is 8.04. The van der Waals surface area contributed by atoms with Gasteiger partial charge in [0.1, 0.15) is 5.76 Å². The van der Waals surface area contributed by atoms with Gasteiger partial charge in [-0.25, -0.2) is 4.58 Å². The Morgan fingerprint density at radius 1 is 1.33 bits per heavy atom. The minimum Gasteiger partial charge on any atom is -0.508 e. The predicted molar refractivity (Wildman–Crippen MR) is 101 cm³/mol. The molecule has 24 heavy (non-hydrogen) atoms. The molecule has 0 saturated heterocycles. The zero-order valence-corrected chi connectivity index (χ0v) is 14.2. The summed E-state index contributed by atoms with van der Waals surface area (Å²) in [6.07, 6.45) is 11.9. The highest BCUT2D eigenvalue weighted by molar-refractivity contribution is 5.93. The highest BCUT2D eigenvalue weighted by Gasteiger charge is 2.17. The van der Waals surface area contributed by atoms with Gasteiger partial charge in [-0.15, -0.1) is 5.73 Å². The average Bonchev–Trinajstić information content (AvgIpc) is 2.57. The molecule has 0 unspecified atom stereocenters. The van der Waals surface area contributed by atoms with Gasteiger partial charge in [-0.2, -0.15) is 0 Å². The lowest BCUT2D eigenvalue weighted by Crippen LogP contribution is -2.23. The van der Waals surface area contributed by atoms with E-state index in [1.807, 2.05) is 24.3 Å². The lowest BCUT2D eigenvalue weighted by molar-refractivity contribution is -0.536. The van der Waals surface area contributed by atoms with Gasteiger partial charge in [-0.3, -0.25) is 0 Å². The molecule has 0 amide bonds. The van der Waals surface area contributed by atoms with E-state index < -0.39 is 0 Å². The van der Waals surface area contributed by atoms with Crippen molar-refractivity contribution in [1.82, 2.24) is 0 Å². The minimum atomic E-state index is 0.322. The first kappa shape index (κ1) is 17.5. The molecule has 0 fully saturated rings. The summed E-state index contributed by atoms with van der Waals surface area (Å²) in [7, 11) is 0. The maximum Gasteiger partial charge on any atom is 0.180 e. The topological polar surface area (TPSA) is 23.2 Å². The fraction of sp³-hybridized carbons (Fsp3) is 0.182. The van der Waals surface area contributed by atoms with E-state index in [0.29, 0.717) is 12.2 Å². The maximum atomic E-state index is 9.59. The van der Waals surface area contributed by atoms with Crippen molar-refractivity contribution in [2.75, 3.05) is 6.54 Å². The quantitative estimate of drug-likeness (QED) is 0.454. The van der Waals surface area contributed by atoms with Gasteiger partial charge in [0.05, 0.1) is 6.42 Å². The molecule has 0 spiro atoms. The van der Waals surface area contributed by atoms with Crippen LogP contribution in [0.3, 0.4) is 0 Å². The average molecular weight is 318 g/mol. The van der Waals surface area contributed by atoms with Crippen LogP contribution in [-0.4, -0.2) is 21.9 Å². The van der Waals surface area contributed by atoms with Gasteiger partial charge in [0, 0.05) is 17.2 Å². The van der Waals surface area contributed by atoms with E-state index in [9.17, 15) is 5.11 Å². The van der Waals surface area contributed by atoms with Gasteiger partial charge in [-0.1, -0.05) is 49.6 Å². The number of allylic oxidation sites excluding steroid dienone is 5. The van der Waals surface area contributed by atoms with E-state index in [1.54, 1.807) is 12.2 Å². The molecule has 0 aromatic heterocycles. The van der Waals surface area contributed by atoms with Crippen LogP contribution in [0.15, 0.2) is 90.9 Å². The lowest BCUT2D eigenvalue weighted by Gasteiger charge is -2.12. The van der Waals surface area contributed by atoms with Gasteiger partial charge in [0.25, 0.3) is 0 Å². The van der Waals surface area contributed by atoms with E-state index in [-0.39, 0.29) is 0 Å². The van der Waals surface area contributed by atoms with Crippen molar-refractivity contribution in [3.05, 3.63) is 102 Å². The summed E-state index contributed by atoms with van der Waals surface area (Å²) in [6, 6.07) is 8.41. The van der Waals surface area contributed by atoms with Crippen LogP contribution in [0.2, 0.25) is 0 Å². The number of aryl methyl sites for hydroxylation is 1. The number of benzene rings is 1.